The second-order valence-electron chi connectivity index (χ2n) is 5.94. The largest absolute Gasteiger partial charge is 0.306 e. The van der Waals surface area contributed by atoms with Crippen LogP contribution in [0.15, 0.2) is 17.5 Å². The molecular formula is C16H27NS. The van der Waals surface area contributed by atoms with Crippen LogP contribution in [-0.2, 0) is 0 Å². The molecule has 1 aliphatic carbocycles. The van der Waals surface area contributed by atoms with Crippen LogP contribution in [0.5, 0.6) is 0 Å². The quantitative estimate of drug-likeness (QED) is 0.789. The highest BCUT2D eigenvalue weighted by atomic mass is 32.1. The predicted octanol–water partition coefficient (Wildman–Crippen LogP) is 5.00. The summed E-state index contributed by atoms with van der Waals surface area (Å²) in [6.45, 7) is 7.07. The highest BCUT2D eigenvalue weighted by molar-refractivity contribution is 7.10. The molecule has 18 heavy (non-hydrogen) atoms. The van der Waals surface area contributed by atoms with Crippen molar-refractivity contribution >= 4 is 11.3 Å². The first-order valence-electron chi connectivity index (χ1n) is 7.51. The summed E-state index contributed by atoms with van der Waals surface area (Å²) in [5.74, 6) is 1.68. The van der Waals surface area contributed by atoms with Crippen molar-refractivity contribution in [1.82, 2.24) is 5.32 Å². The lowest BCUT2D eigenvalue weighted by Crippen LogP contribution is -2.42. The average Bonchev–Trinajstić information content (AvgIpc) is 2.90. The van der Waals surface area contributed by atoms with Gasteiger partial charge in [0.2, 0.25) is 0 Å². The highest BCUT2D eigenvalue weighted by Crippen LogP contribution is 2.33. The molecule has 0 bridgehead atoms. The molecule has 1 N–H and O–H groups in total. The van der Waals surface area contributed by atoms with Crippen LogP contribution in [-0.4, -0.2) is 6.04 Å². The van der Waals surface area contributed by atoms with Crippen molar-refractivity contribution in [2.45, 2.75) is 65.0 Å². The van der Waals surface area contributed by atoms with E-state index >= 15 is 0 Å². The molecule has 2 rings (SSSR count). The Morgan fingerprint density at radius 2 is 2.11 bits per heavy atom. The molecule has 1 fully saturated rings. The molecule has 1 saturated carbocycles. The molecule has 0 amide bonds. The van der Waals surface area contributed by atoms with Crippen molar-refractivity contribution < 1.29 is 0 Å². The van der Waals surface area contributed by atoms with Gasteiger partial charge in [-0.15, -0.1) is 11.3 Å². The van der Waals surface area contributed by atoms with Gasteiger partial charge in [-0.2, -0.15) is 0 Å². The first-order valence-corrected chi connectivity index (χ1v) is 8.39. The average molecular weight is 265 g/mol. The van der Waals surface area contributed by atoms with Gasteiger partial charge in [0.25, 0.3) is 0 Å². The molecule has 3 atom stereocenters. The van der Waals surface area contributed by atoms with Crippen LogP contribution < -0.4 is 5.32 Å². The van der Waals surface area contributed by atoms with E-state index in [1.54, 1.807) is 0 Å². The highest BCUT2D eigenvalue weighted by Gasteiger charge is 2.29. The van der Waals surface area contributed by atoms with E-state index in [0.29, 0.717) is 6.04 Å². The van der Waals surface area contributed by atoms with Gasteiger partial charge in [0, 0.05) is 17.0 Å². The standard InChI is InChI=1S/C16H27NS/c1-4-14(16-10-7-11-18-16)17-15-9-6-5-8-13(15)12(2)3/h7,10-15,17H,4-6,8-9H2,1-3H3. The van der Waals surface area contributed by atoms with Gasteiger partial charge >= 0.3 is 0 Å². The number of rotatable bonds is 5. The van der Waals surface area contributed by atoms with E-state index in [-0.39, 0.29) is 0 Å². The summed E-state index contributed by atoms with van der Waals surface area (Å²) in [5.41, 5.74) is 0. The maximum Gasteiger partial charge on any atom is 0.0414 e. The van der Waals surface area contributed by atoms with Crippen LogP contribution in [0.3, 0.4) is 0 Å². The van der Waals surface area contributed by atoms with E-state index in [1.807, 2.05) is 11.3 Å². The number of hydrogen-bond donors (Lipinski definition) is 1. The minimum absolute atomic E-state index is 0.564. The van der Waals surface area contributed by atoms with Crippen LogP contribution in [0, 0.1) is 11.8 Å². The maximum atomic E-state index is 3.95. The first kappa shape index (κ1) is 14.1. The zero-order valence-electron chi connectivity index (χ0n) is 12.0. The van der Waals surface area contributed by atoms with Crippen molar-refractivity contribution in [2.24, 2.45) is 11.8 Å². The smallest absolute Gasteiger partial charge is 0.0414 e. The molecule has 0 saturated heterocycles. The SMILES string of the molecule is CCC(NC1CCCCC1C(C)C)c1cccs1. The minimum atomic E-state index is 0.564. The van der Waals surface area contributed by atoms with Gasteiger partial charge in [0.15, 0.2) is 0 Å². The van der Waals surface area contributed by atoms with Gasteiger partial charge < -0.3 is 5.32 Å². The minimum Gasteiger partial charge on any atom is -0.306 e. The Hall–Kier alpha value is -0.340. The molecule has 0 radical (unpaired) electrons. The molecule has 1 aromatic heterocycles. The lowest BCUT2D eigenvalue weighted by molar-refractivity contribution is 0.191. The summed E-state index contributed by atoms with van der Waals surface area (Å²) < 4.78 is 0. The third kappa shape index (κ3) is 3.36. The monoisotopic (exact) mass is 265 g/mol. The first-order chi connectivity index (χ1) is 8.72. The second kappa shape index (κ2) is 6.72. The zero-order chi connectivity index (χ0) is 13.0. The van der Waals surface area contributed by atoms with Crippen molar-refractivity contribution in [3.8, 4) is 0 Å². The Labute approximate surface area is 116 Å². The Kier molecular flexibility index (Phi) is 5.25. The molecule has 0 aromatic carbocycles. The van der Waals surface area contributed by atoms with E-state index in [0.717, 1.165) is 17.9 Å². The van der Waals surface area contributed by atoms with Crippen molar-refractivity contribution in [3.05, 3.63) is 22.4 Å². The van der Waals surface area contributed by atoms with E-state index in [4.69, 9.17) is 0 Å². The molecular weight excluding hydrogens is 238 g/mol. The summed E-state index contributed by atoms with van der Waals surface area (Å²) in [6, 6.07) is 5.74. The second-order valence-corrected chi connectivity index (χ2v) is 6.92. The maximum absolute atomic E-state index is 3.95. The van der Waals surface area contributed by atoms with Gasteiger partial charge in [-0.3, -0.25) is 0 Å². The summed E-state index contributed by atoms with van der Waals surface area (Å²) >= 11 is 1.89. The number of thiophene rings is 1. The van der Waals surface area contributed by atoms with Gasteiger partial charge in [-0.05, 0) is 42.5 Å². The molecule has 102 valence electrons. The summed E-state index contributed by atoms with van der Waals surface area (Å²) in [4.78, 5) is 1.51. The fourth-order valence-corrected chi connectivity index (χ4v) is 4.18. The van der Waals surface area contributed by atoms with E-state index in [2.05, 4.69) is 43.6 Å². The Bertz CT molecular complexity index is 331. The lowest BCUT2D eigenvalue weighted by atomic mass is 9.77. The molecule has 1 heterocycles. The van der Waals surface area contributed by atoms with E-state index < -0.39 is 0 Å². The number of hydrogen-bond acceptors (Lipinski definition) is 2. The van der Waals surface area contributed by atoms with Crippen molar-refractivity contribution in [2.75, 3.05) is 0 Å². The lowest BCUT2D eigenvalue weighted by Gasteiger charge is -2.37. The van der Waals surface area contributed by atoms with Gasteiger partial charge in [-0.25, -0.2) is 0 Å². The predicted molar refractivity (Wildman–Crippen MR) is 81.1 cm³/mol. The van der Waals surface area contributed by atoms with Crippen molar-refractivity contribution in [3.63, 3.8) is 0 Å². The van der Waals surface area contributed by atoms with Gasteiger partial charge in [-0.1, -0.05) is 39.7 Å². The summed E-state index contributed by atoms with van der Waals surface area (Å²) in [5, 5.41) is 6.14. The van der Waals surface area contributed by atoms with Crippen LogP contribution in [0.1, 0.15) is 63.8 Å². The summed E-state index contributed by atoms with van der Waals surface area (Å²) in [7, 11) is 0. The van der Waals surface area contributed by atoms with Crippen LogP contribution in [0.4, 0.5) is 0 Å². The molecule has 3 unspecified atom stereocenters. The Morgan fingerprint density at radius 1 is 1.33 bits per heavy atom. The van der Waals surface area contributed by atoms with Crippen LogP contribution >= 0.6 is 11.3 Å². The third-order valence-corrected chi connectivity index (χ3v) is 5.37. The van der Waals surface area contributed by atoms with E-state index in [9.17, 15) is 0 Å². The van der Waals surface area contributed by atoms with E-state index in [1.165, 1.54) is 37.0 Å². The molecule has 1 aliphatic rings. The fraction of sp³-hybridized carbons (Fsp3) is 0.750. The molecule has 0 spiro atoms. The molecule has 2 heteroatoms. The zero-order valence-corrected chi connectivity index (χ0v) is 12.8. The molecule has 1 nitrogen and oxygen atoms in total. The van der Waals surface area contributed by atoms with Crippen molar-refractivity contribution in [1.29, 1.82) is 0 Å². The summed E-state index contributed by atoms with van der Waals surface area (Å²) in [6.07, 6.45) is 6.81. The fourth-order valence-electron chi connectivity index (χ4n) is 3.31. The van der Waals surface area contributed by atoms with Crippen LogP contribution in [0.25, 0.3) is 0 Å². The number of nitrogens with one attached hydrogen (secondary N) is 1. The normalized spacial score (nSPS) is 26.4. The third-order valence-electron chi connectivity index (χ3n) is 4.39. The topological polar surface area (TPSA) is 12.0 Å². The Balaban J connectivity index is 2.01. The Morgan fingerprint density at radius 3 is 2.72 bits per heavy atom. The molecule has 0 aliphatic heterocycles. The van der Waals surface area contributed by atoms with Crippen LogP contribution in [0.2, 0.25) is 0 Å². The van der Waals surface area contributed by atoms with Gasteiger partial charge in [0.05, 0.1) is 0 Å². The molecule has 1 aromatic rings. The van der Waals surface area contributed by atoms with Gasteiger partial charge in [0.1, 0.15) is 0 Å².